The number of hydrogen-bond acceptors (Lipinski definition) is 4. The van der Waals surface area contributed by atoms with Crippen molar-refractivity contribution in [3.05, 3.63) is 95.1 Å². The van der Waals surface area contributed by atoms with Crippen LogP contribution in [0.25, 0.3) is 0 Å². The fourth-order valence-electron chi connectivity index (χ4n) is 2.71. The number of nitrogens with one attached hydrogen (secondary N) is 2. The van der Waals surface area contributed by atoms with Gasteiger partial charge in [0.15, 0.2) is 16.6 Å². The molecule has 0 saturated heterocycles. The second-order valence-corrected chi connectivity index (χ2v) is 7.13. The highest BCUT2D eigenvalue weighted by atomic mass is 32.1. The van der Waals surface area contributed by atoms with E-state index in [1.165, 1.54) is 5.56 Å². The van der Waals surface area contributed by atoms with Gasteiger partial charge in [0.05, 0.1) is 13.3 Å². The molecule has 3 aromatic rings. The van der Waals surface area contributed by atoms with Gasteiger partial charge in [0.25, 0.3) is 0 Å². The quantitative estimate of drug-likeness (QED) is 0.318. The summed E-state index contributed by atoms with van der Waals surface area (Å²) in [5.41, 5.74) is 7.16. The van der Waals surface area contributed by atoms with Gasteiger partial charge in [-0.3, -0.25) is 5.43 Å². The molecule has 0 aliphatic heterocycles. The number of thiocarbonyl (C=S) groups is 1. The molecular formula is C24H25N3O2S. The van der Waals surface area contributed by atoms with Crippen molar-refractivity contribution in [1.29, 1.82) is 0 Å². The molecule has 0 saturated carbocycles. The number of ether oxygens (including phenoxy) is 2. The van der Waals surface area contributed by atoms with E-state index in [0.717, 1.165) is 16.7 Å². The van der Waals surface area contributed by atoms with E-state index < -0.39 is 0 Å². The molecule has 30 heavy (non-hydrogen) atoms. The molecule has 0 fully saturated rings. The predicted molar refractivity (Wildman–Crippen MR) is 125 cm³/mol. The minimum Gasteiger partial charge on any atom is -0.493 e. The molecule has 6 heteroatoms. The molecule has 5 nitrogen and oxygen atoms in total. The van der Waals surface area contributed by atoms with Crippen molar-refractivity contribution in [3.8, 4) is 11.5 Å². The van der Waals surface area contributed by atoms with Gasteiger partial charge >= 0.3 is 0 Å². The topological polar surface area (TPSA) is 54.9 Å². The molecule has 154 valence electrons. The average Bonchev–Trinajstić information content (AvgIpc) is 2.78. The van der Waals surface area contributed by atoms with Crippen LogP contribution < -0.4 is 20.2 Å². The van der Waals surface area contributed by atoms with Crippen molar-refractivity contribution in [1.82, 2.24) is 10.7 Å². The van der Waals surface area contributed by atoms with E-state index >= 15 is 0 Å². The van der Waals surface area contributed by atoms with E-state index in [1.807, 2.05) is 48.5 Å². The predicted octanol–water partition coefficient (Wildman–Crippen LogP) is 4.58. The number of aryl methyl sites for hydroxylation is 1. The summed E-state index contributed by atoms with van der Waals surface area (Å²) in [6, 6.07) is 23.9. The molecule has 0 aliphatic rings. The first-order chi connectivity index (χ1) is 14.6. The minimum absolute atomic E-state index is 0.458. The molecule has 0 aliphatic carbocycles. The summed E-state index contributed by atoms with van der Waals surface area (Å²) in [4.78, 5) is 0. The molecule has 0 atom stereocenters. The van der Waals surface area contributed by atoms with Crippen LogP contribution in [0.3, 0.4) is 0 Å². The van der Waals surface area contributed by atoms with Gasteiger partial charge in [-0.1, -0.05) is 60.2 Å². The molecule has 3 aromatic carbocycles. The van der Waals surface area contributed by atoms with Crippen molar-refractivity contribution >= 4 is 23.5 Å². The van der Waals surface area contributed by atoms with E-state index in [1.54, 1.807) is 13.3 Å². The Morgan fingerprint density at radius 1 is 0.967 bits per heavy atom. The Bertz CT molecular complexity index is 989. The Balaban J connectivity index is 1.55. The van der Waals surface area contributed by atoms with Crippen LogP contribution in [0.1, 0.15) is 22.3 Å². The van der Waals surface area contributed by atoms with Crippen LogP contribution in [0.15, 0.2) is 77.9 Å². The van der Waals surface area contributed by atoms with Crippen LogP contribution >= 0.6 is 12.2 Å². The molecular weight excluding hydrogens is 394 g/mol. The Morgan fingerprint density at radius 2 is 1.73 bits per heavy atom. The number of hydrazone groups is 1. The maximum absolute atomic E-state index is 5.96. The van der Waals surface area contributed by atoms with Gasteiger partial charge in [0, 0.05) is 6.54 Å². The lowest BCUT2D eigenvalue weighted by molar-refractivity contribution is 0.284. The fourth-order valence-corrected chi connectivity index (χ4v) is 2.84. The normalized spacial score (nSPS) is 10.6. The van der Waals surface area contributed by atoms with Gasteiger partial charge in [-0.05, 0) is 54.0 Å². The Hall–Kier alpha value is -3.38. The fraction of sp³-hybridized carbons (Fsp3) is 0.167. The van der Waals surface area contributed by atoms with Crippen LogP contribution in [0.5, 0.6) is 11.5 Å². The smallest absolute Gasteiger partial charge is 0.187 e. The van der Waals surface area contributed by atoms with Gasteiger partial charge in [-0.25, -0.2) is 0 Å². The zero-order valence-corrected chi connectivity index (χ0v) is 17.9. The summed E-state index contributed by atoms with van der Waals surface area (Å²) in [5.74, 6) is 1.33. The molecule has 0 amide bonds. The van der Waals surface area contributed by atoms with E-state index in [-0.39, 0.29) is 0 Å². The van der Waals surface area contributed by atoms with Gasteiger partial charge < -0.3 is 14.8 Å². The lowest BCUT2D eigenvalue weighted by Crippen LogP contribution is -2.31. The van der Waals surface area contributed by atoms with Crippen molar-refractivity contribution in [2.75, 3.05) is 7.11 Å². The molecule has 0 unspecified atom stereocenters. The van der Waals surface area contributed by atoms with Crippen LogP contribution in [0, 0.1) is 6.92 Å². The SMILES string of the molecule is COc1ccc(/C=N\NC(=S)NCc2ccccc2)cc1OCc1ccc(C)cc1. The van der Waals surface area contributed by atoms with Crippen LogP contribution in [0.4, 0.5) is 0 Å². The Labute approximate surface area is 182 Å². The largest absolute Gasteiger partial charge is 0.493 e. The number of methoxy groups -OCH3 is 1. The third kappa shape index (κ3) is 6.60. The van der Waals surface area contributed by atoms with E-state index in [4.69, 9.17) is 21.7 Å². The summed E-state index contributed by atoms with van der Waals surface area (Å²) < 4.78 is 11.4. The van der Waals surface area contributed by atoms with Crippen LogP contribution in [-0.4, -0.2) is 18.4 Å². The first-order valence-electron chi connectivity index (χ1n) is 9.61. The zero-order valence-electron chi connectivity index (χ0n) is 17.1. The number of hydrogen-bond donors (Lipinski definition) is 2. The number of nitrogens with zero attached hydrogens (tertiary/aromatic N) is 1. The van der Waals surface area contributed by atoms with Crippen LogP contribution in [-0.2, 0) is 13.2 Å². The van der Waals surface area contributed by atoms with Crippen molar-refractivity contribution in [3.63, 3.8) is 0 Å². The molecule has 2 N–H and O–H groups in total. The van der Waals surface area contributed by atoms with Crippen molar-refractivity contribution < 1.29 is 9.47 Å². The zero-order chi connectivity index (χ0) is 21.2. The highest BCUT2D eigenvalue weighted by Gasteiger charge is 2.06. The molecule has 0 spiro atoms. The van der Waals surface area contributed by atoms with Gasteiger partial charge in [-0.15, -0.1) is 0 Å². The molecule has 0 bridgehead atoms. The van der Waals surface area contributed by atoms with Gasteiger partial charge in [0.1, 0.15) is 6.61 Å². The van der Waals surface area contributed by atoms with Crippen LogP contribution in [0.2, 0.25) is 0 Å². The lowest BCUT2D eigenvalue weighted by atomic mass is 10.1. The highest BCUT2D eigenvalue weighted by Crippen LogP contribution is 2.28. The lowest BCUT2D eigenvalue weighted by Gasteiger charge is -2.12. The standard InChI is InChI=1S/C24H25N3O2S/c1-18-8-10-20(11-9-18)17-29-23-14-21(12-13-22(23)28-2)16-26-27-24(30)25-15-19-6-4-3-5-7-19/h3-14,16H,15,17H2,1-2H3,(H2,25,27,30)/b26-16-. The second kappa shape index (κ2) is 11.0. The monoisotopic (exact) mass is 419 g/mol. The van der Waals surface area contributed by atoms with Crippen molar-refractivity contribution in [2.45, 2.75) is 20.1 Å². The van der Waals surface area contributed by atoms with E-state index in [0.29, 0.717) is 29.8 Å². The minimum atomic E-state index is 0.458. The second-order valence-electron chi connectivity index (χ2n) is 6.72. The summed E-state index contributed by atoms with van der Waals surface area (Å²) in [5, 5.41) is 7.78. The maximum atomic E-state index is 5.96. The maximum Gasteiger partial charge on any atom is 0.187 e. The number of benzene rings is 3. The third-order valence-corrected chi connectivity index (χ3v) is 4.61. The molecule has 3 rings (SSSR count). The van der Waals surface area contributed by atoms with Gasteiger partial charge in [0.2, 0.25) is 0 Å². The number of rotatable bonds is 8. The highest BCUT2D eigenvalue weighted by molar-refractivity contribution is 7.80. The van der Waals surface area contributed by atoms with Crippen molar-refractivity contribution in [2.24, 2.45) is 5.10 Å². The van der Waals surface area contributed by atoms with E-state index in [9.17, 15) is 0 Å². The Kier molecular flexibility index (Phi) is 7.80. The molecule has 0 aromatic heterocycles. The first-order valence-corrected chi connectivity index (χ1v) is 10.0. The van der Waals surface area contributed by atoms with Gasteiger partial charge in [-0.2, -0.15) is 5.10 Å². The summed E-state index contributed by atoms with van der Waals surface area (Å²) >= 11 is 5.26. The summed E-state index contributed by atoms with van der Waals surface area (Å²) in [6.45, 7) is 3.16. The Morgan fingerprint density at radius 3 is 2.47 bits per heavy atom. The summed E-state index contributed by atoms with van der Waals surface area (Å²) in [7, 11) is 1.63. The average molecular weight is 420 g/mol. The molecule has 0 radical (unpaired) electrons. The molecule has 0 heterocycles. The third-order valence-electron chi connectivity index (χ3n) is 4.38. The van der Waals surface area contributed by atoms with E-state index in [2.05, 4.69) is 47.0 Å². The summed E-state index contributed by atoms with van der Waals surface area (Å²) in [6.07, 6.45) is 1.69. The first kappa shape index (κ1) is 21.3.